The molecular formula is C24H26N6OS. The van der Waals surface area contributed by atoms with Gasteiger partial charge in [0.1, 0.15) is 11.6 Å². The highest BCUT2D eigenvalue weighted by Gasteiger charge is 2.15. The van der Waals surface area contributed by atoms with Crippen LogP contribution in [-0.2, 0) is 17.8 Å². The minimum absolute atomic E-state index is 0.112. The van der Waals surface area contributed by atoms with Crippen molar-refractivity contribution in [2.45, 2.75) is 38.9 Å². The molecular weight excluding hydrogens is 420 g/mol. The summed E-state index contributed by atoms with van der Waals surface area (Å²) in [5.41, 5.74) is 4.10. The number of hydrogen-bond donors (Lipinski definition) is 1. The number of nitrogens with one attached hydrogen (secondary N) is 1. The van der Waals surface area contributed by atoms with E-state index >= 15 is 0 Å². The SMILES string of the molecule is CCn1c(Cc2ccccc2)nnc1SCC(=O)Nc1cc(C)nn1-c1ccc(C)cc1. The highest BCUT2D eigenvalue weighted by Crippen LogP contribution is 2.21. The lowest BCUT2D eigenvalue weighted by molar-refractivity contribution is -0.113. The summed E-state index contributed by atoms with van der Waals surface area (Å²) in [5, 5.41) is 16.9. The molecule has 0 saturated heterocycles. The molecule has 0 aliphatic carbocycles. The number of aryl methyl sites for hydroxylation is 2. The third-order valence-electron chi connectivity index (χ3n) is 5.02. The summed E-state index contributed by atoms with van der Waals surface area (Å²) in [5.74, 6) is 1.67. The van der Waals surface area contributed by atoms with Gasteiger partial charge in [-0.15, -0.1) is 10.2 Å². The summed E-state index contributed by atoms with van der Waals surface area (Å²) in [6.07, 6.45) is 0.712. The Morgan fingerprint density at radius 2 is 1.78 bits per heavy atom. The van der Waals surface area contributed by atoms with Gasteiger partial charge in [-0.05, 0) is 38.5 Å². The van der Waals surface area contributed by atoms with E-state index in [9.17, 15) is 4.79 Å². The predicted octanol–water partition coefficient (Wildman–Crippen LogP) is 4.42. The average Bonchev–Trinajstić information content (AvgIpc) is 3.35. The molecule has 2 aromatic heterocycles. The topological polar surface area (TPSA) is 77.6 Å². The van der Waals surface area contributed by atoms with Gasteiger partial charge in [0, 0.05) is 19.0 Å². The van der Waals surface area contributed by atoms with Crippen LogP contribution in [0.25, 0.3) is 5.69 Å². The molecule has 4 aromatic rings. The fraction of sp³-hybridized carbons (Fsp3) is 0.250. The van der Waals surface area contributed by atoms with Gasteiger partial charge in [-0.25, -0.2) is 4.68 Å². The zero-order valence-corrected chi connectivity index (χ0v) is 19.3. The normalized spacial score (nSPS) is 11.0. The van der Waals surface area contributed by atoms with Crippen LogP contribution in [0.2, 0.25) is 0 Å². The molecule has 164 valence electrons. The van der Waals surface area contributed by atoms with Crippen LogP contribution in [0.15, 0.2) is 65.8 Å². The summed E-state index contributed by atoms with van der Waals surface area (Å²) in [6, 6.07) is 20.1. The van der Waals surface area contributed by atoms with Gasteiger partial charge in [0.15, 0.2) is 5.16 Å². The average molecular weight is 447 g/mol. The lowest BCUT2D eigenvalue weighted by atomic mass is 10.1. The maximum Gasteiger partial charge on any atom is 0.236 e. The van der Waals surface area contributed by atoms with Crippen LogP contribution in [0.3, 0.4) is 0 Å². The predicted molar refractivity (Wildman–Crippen MR) is 127 cm³/mol. The number of nitrogens with zero attached hydrogens (tertiary/aromatic N) is 5. The molecule has 7 nitrogen and oxygen atoms in total. The van der Waals surface area contributed by atoms with Gasteiger partial charge in [0.2, 0.25) is 5.91 Å². The molecule has 1 N–H and O–H groups in total. The number of rotatable bonds is 8. The van der Waals surface area contributed by atoms with Crippen molar-refractivity contribution in [1.29, 1.82) is 0 Å². The van der Waals surface area contributed by atoms with Crippen LogP contribution in [-0.4, -0.2) is 36.2 Å². The fourth-order valence-electron chi connectivity index (χ4n) is 3.43. The molecule has 0 unspecified atom stereocenters. The van der Waals surface area contributed by atoms with Crippen LogP contribution >= 0.6 is 11.8 Å². The van der Waals surface area contributed by atoms with Crippen LogP contribution in [0.1, 0.15) is 29.6 Å². The Hall–Kier alpha value is -3.39. The third-order valence-corrected chi connectivity index (χ3v) is 5.99. The Balaban J connectivity index is 1.42. The summed E-state index contributed by atoms with van der Waals surface area (Å²) < 4.78 is 3.81. The molecule has 0 aliphatic heterocycles. The first-order chi connectivity index (χ1) is 15.5. The Morgan fingerprint density at radius 3 is 2.50 bits per heavy atom. The molecule has 2 aromatic carbocycles. The van der Waals surface area contributed by atoms with Crippen molar-refractivity contribution in [3.8, 4) is 5.69 Å². The van der Waals surface area contributed by atoms with Gasteiger partial charge < -0.3 is 9.88 Å². The Kier molecular flexibility index (Phi) is 6.70. The van der Waals surface area contributed by atoms with E-state index in [1.54, 1.807) is 4.68 Å². The highest BCUT2D eigenvalue weighted by molar-refractivity contribution is 7.99. The first-order valence-electron chi connectivity index (χ1n) is 10.6. The number of anilines is 1. The second kappa shape index (κ2) is 9.82. The first-order valence-corrected chi connectivity index (χ1v) is 11.5. The lowest BCUT2D eigenvalue weighted by Crippen LogP contribution is -2.17. The first kappa shape index (κ1) is 21.8. The quantitative estimate of drug-likeness (QED) is 0.405. The zero-order chi connectivity index (χ0) is 22.5. The number of carbonyl (C=O) groups is 1. The zero-order valence-electron chi connectivity index (χ0n) is 18.4. The number of thioether (sulfide) groups is 1. The van der Waals surface area contributed by atoms with Gasteiger partial charge in [0.05, 0.1) is 17.1 Å². The minimum atomic E-state index is -0.112. The smallest absolute Gasteiger partial charge is 0.236 e. The van der Waals surface area contributed by atoms with Gasteiger partial charge in [-0.1, -0.05) is 59.8 Å². The molecule has 0 bridgehead atoms. The summed E-state index contributed by atoms with van der Waals surface area (Å²) in [6.45, 7) is 6.76. The molecule has 0 spiro atoms. The van der Waals surface area contributed by atoms with Gasteiger partial charge in [-0.3, -0.25) is 4.79 Å². The minimum Gasteiger partial charge on any atom is -0.310 e. The van der Waals surface area contributed by atoms with Crippen molar-refractivity contribution in [1.82, 2.24) is 24.5 Å². The largest absolute Gasteiger partial charge is 0.310 e. The number of aromatic nitrogens is 5. The number of hydrogen-bond acceptors (Lipinski definition) is 5. The van der Waals surface area contributed by atoms with E-state index in [1.807, 2.05) is 62.4 Å². The van der Waals surface area contributed by atoms with Crippen molar-refractivity contribution in [3.05, 3.63) is 83.3 Å². The summed E-state index contributed by atoms with van der Waals surface area (Å²) >= 11 is 1.39. The number of amides is 1. The Labute approximate surface area is 191 Å². The monoisotopic (exact) mass is 446 g/mol. The number of carbonyl (C=O) groups excluding carboxylic acids is 1. The van der Waals surface area contributed by atoms with E-state index in [4.69, 9.17) is 0 Å². The molecule has 0 fully saturated rings. The Bertz CT molecular complexity index is 1200. The van der Waals surface area contributed by atoms with E-state index in [0.29, 0.717) is 12.2 Å². The van der Waals surface area contributed by atoms with Crippen molar-refractivity contribution < 1.29 is 4.79 Å². The van der Waals surface area contributed by atoms with Crippen LogP contribution in [0.5, 0.6) is 0 Å². The highest BCUT2D eigenvalue weighted by atomic mass is 32.2. The van der Waals surface area contributed by atoms with E-state index in [0.717, 1.165) is 28.9 Å². The summed E-state index contributed by atoms with van der Waals surface area (Å²) in [7, 11) is 0. The maximum atomic E-state index is 12.7. The van der Waals surface area contributed by atoms with Gasteiger partial charge in [-0.2, -0.15) is 5.10 Å². The van der Waals surface area contributed by atoms with E-state index in [2.05, 4.69) is 44.2 Å². The molecule has 0 aliphatic rings. The molecule has 8 heteroatoms. The van der Waals surface area contributed by atoms with E-state index < -0.39 is 0 Å². The molecule has 0 saturated carbocycles. The fourth-order valence-corrected chi connectivity index (χ4v) is 4.25. The molecule has 32 heavy (non-hydrogen) atoms. The third kappa shape index (κ3) is 5.08. The summed E-state index contributed by atoms with van der Waals surface area (Å²) in [4.78, 5) is 12.7. The number of benzene rings is 2. The maximum absolute atomic E-state index is 12.7. The molecule has 4 rings (SSSR count). The van der Waals surface area contributed by atoms with E-state index in [-0.39, 0.29) is 11.7 Å². The van der Waals surface area contributed by atoms with Crippen LogP contribution in [0, 0.1) is 13.8 Å². The molecule has 0 atom stereocenters. The van der Waals surface area contributed by atoms with Gasteiger partial charge >= 0.3 is 0 Å². The van der Waals surface area contributed by atoms with Crippen molar-refractivity contribution in [2.75, 3.05) is 11.1 Å². The van der Waals surface area contributed by atoms with Crippen LogP contribution < -0.4 is 5.32 Å². The van der Waals surface area contributed by atoms with E-state index in [1.165, 1.54) is 22.9 Å². The van der Waals surface area contributed by atoms with Crippen molar-refractivity contribution >= 4 is 23.5 Å². The van der Waals surface area contributed by atoms with Gasteiger partial charge in [0.25, 0.3) is 0 Å². The molecule has 1 amide bonds. The Morgan fingerprint density at radius 1 is 1.03 bits per heavy atom. The van der Waals surface area contributed by atoms with Crippen LogP contribution in [0.4, 0.5) is 5.82 Å². The molecule has 0 radical (unpaired) electrons. The second-order valence-electron chi connectivity index (χ2n) is 7.56. The van der Waals surface area contributed by atoms with Crippen molar-refractivity contribution in [3.63, 3.8) is 0 Å². The lowest BCUT2D eigenvalue weighted by Gasteiger charge is -2.10. The molecule has 2 heterocycles. The standard InChI is InChI=1S/C24H26N6OS/c1-4-29-22(15-19-8-6-5-7-9-19)26-27-24(29)32-16-23(31)25-21-14-18(3)28-30(21)20-12-10-17(2)11-13-20/h5-14H,4,15-16H2,1-3H3,(H,25,31). The second-order valence-corrected chi connectivity index (χ2v) is 8.50. The van der Waals surface area contributed by atoms with Crippen molar-refractivity contribution in [2.24, 2.45) is 0 Å².